The van der Waals surface area contributed by atoms with Gasteiger partial charge in [-0.1, -0.05) is 0 Å². The van der Waals surface area contributed by atoms with Crippen molar-refractivity contribution in [3.63, 3.8) is 0 Å². The van der Waals surface area contributed by atoms with E-state index in [-0.39, 0.29) is 11.9 Å². The smallest absolute Gasteiger partial charge is 0.222 e. The van der Waals surface area contributed by atoms with Crippen molar-refractivity contribution in [1.82, 2.24) is 4.90 Å². The minimum atomic E-state index is -0.596. The van der Waals surface area contributed by atoms with Crippen LogP contribution in [0.2, 0.25) is 0 Å². The lowest BCUT2D eigenvalue weighted by Crippen LogP contribution is -2.33. The van der Waals surface area contributed by atoms with Crippen LogP contribution in [0.25, 0.3) is 0 Å². The maximum absolute atomic E-state index is 11.9. The molecule has 0 radical (unpaired) electrons. The first-order chi connectivity index (χ1) is 7.91. The Morgan fingerprint density at radius 1 is 1.47 bits per heavy atom. The Morgan fingerprint density at radius 3 is 2.82 bits per heavy atom. The van der Waals surface area contributed by atoms with Gasteiger partial charge in [-0.05, 0) is 46.0 Å². The summed E-state index contributed by atoms with van der Waals surface area (Å²) in [6, 6.07) is 0.174. The lowest BCUT2D eigenvalue weighted by Gasteiger charge is -2.22. The largest absolute Gasteiger partial charge is 0.390 e. The van der Waals surface area contributed by atoms with Crippen LogP contribution in [0.1, 0.15) is 52.4 Å². The van der Waals surface area contributed by atoms with E-state index in [2.05, 4.69) is 0 Å². The van der Waals surface area contributed by atoms with Gasteiger partial charge in [0.1, 0.15) is 0 Å². The van der Waals surface area contributed by atoms with Gasteiger partial charge >= 0.3 is 0 Å². The van der Waals surface area contributed by atoms with E-state index in [1.807, 2.05) is 18.7 Å². The number of hydrogen-bond acceptors (Lipinski definition) is 3. The molecule has 0 saturated carbocycles. The van der Waals surface area contributed by atoms with Gasteiger partial charge < -0.3 is 15.7 Å². The molecule has 1 heterocycles. The highest BCUT2D eigenvalue weighted by atomic mass is 16.3. The zero-order valence-electron chi connectivity index (χ0n) is 11.1. The highest BCUT2D eigenvalue weighted by molar-refractivity contribution is 5.76. The van der Waals surface area contributed by atoms with Gasteiger partial charge in [-0.25, -0.2) is 0 Å². The predicted octanol–water partition coefficient (Wildman–Crippen LogP) is 1.27. The lowest BCUT2D eigenvalue weighted by atomic mass is 9.98. The number of hydrogen-bond donors (Lipinski definition) is 2. The fraction of sp³-hybridized carbons (Fsp3) is 0.923. The van der Waals surface area contributed by atoms with Crippen molar-refractivity contribution >= 4 is 5.91 Å². The van der Waals surface area contributed by atoms with Crippen LogP contribution >= 0.6 is 0 Å². The summed E-state index contributed by atoms with van der Waals surface area (Å²) in [6.07, 6.45) is 4.72. The molecule has 3 N–H and O–H groups in total. The molecule has 1 rings (SSSR count). The van der Waals surface area contributed by atoms with Gasteiger partial charge in [-0.2, -0.15) is 0 Å². The van der Waals surface area contributed by atoms with Crippen molar-refractivity contribution < 1.29 is 9.90 Å². The number of nitrogens with zero attached hydrogens (tertiary/aromatic N) is 1. The third-order valence-corrected chi connectivity index (χ3v) is 3.47. The Kier molecular flexibility index (Phi) is 5.40. The first-order valence-corrected chi connectivity index (χ1v) is 6.66. The molecule has 4 heteroatoms. The highest BCUT2D eigenvalue weighted by Gasteiger charge is 2.26. The van der Waals surface area contributed by atoms with Gasteiger partial charge in [0.05, 0.1) is 5.60 Å². The van der Waals surface area contributed by atoms with Gasteiger partial charge in [-0.3, -0.25) is 4.79 Å². The molecule has 2 atom stereocenters. The third-order valence-electron chi connectivity index (χ3n) is 3.47. The van der Waals surface area contributed by atoms with E-state index in [1.54, 1.807) is 0 Å². The van der Waals surface area contributed by atoms with Crippen LogP contribution in [0, 0.1) is 0 Å². The number of carbonyl (C=O) groups is 1. The Morgan fingerprint density at radius 2 is 2.18 bits per heavy atom. The highest BCUT2D eigenvalue weighted by Crippen LogP contribution is 2.21. The molecule has 0 bridgehead atoms. The first-order valence-electron chi connectivity index (χ1n) is 6.66. The van der Waals surface area contributed by atoms with Crippen LogP contribution in [0.3, 0.4) is 0 Å². The molecule has 1 aliphatic rings. The topological polar surface area (TPSA) is 66.6 Å². The molecule has 0 aromatic heterocycles. The van der Waals surface area contributed by atoms with Gasteiger partial charge in [0.2, 0.25) is 5.91 Å². The number of rotatable bonds is 4. The van der Waals surface area contributed by atoms with Crippen molar-refractivity contribution in [3.05, 3.63) is 0 Å². The van der Waals surface area contributed by atoms with E-state index in [1.165, 1.54) is 0 Å². The fourth-order valence-corrected chi connectivity index (χ4v) is 2.25. The van der Waals surface area contributed by atoms with E-state index >= 15 is 0 Å². The molecule has 0 aliphatic carbocycles. The van der Waals surface area contributed by atoms with Gasteiger partial charge in [0.25, 0.3) is 0 Å². The second-order valence-electron chi connectivity index (χ2n) is 5.60. The Hall–Kier alpha value is -0.610. The molecule has 0 spiro atoms. The van der Waals surface area contributed by atoms with Crippen molar-refractivity contribution in [2.75, 3.05) is 13.1 Å². The first kappa shape index (κ1) is 14.5. The molecule has 0 aromatic carbocycles. The summed E-state index contributed by atoms with van der Waals surface area (Å²) in [5, 5.41) is 9.95. The molecule has 1 fully saturated rings. The summed E-state index contributed by atoms with van der Waals surface area (Å²) in [5.41, 5.74) is 5.06. The van der Waals surface area contributed by atoms with Crippen molar-refractivity contribution in [3.8, 4) is 0 Å². The van der Waals surface area contributed by atoms with Crippen LogP contribution in [0.4, 0.5) is 0 Å². The third kappa shape index (κ3) is 5.50. The van der Waals surface area contributed by atoms with E-state index in [4.69, 9.17) is 5.73 Å². The molecule has 1 aliphatic heterocycles. The van der Waals surface area contributed by atoms with Gasteiger partial charge in [0, 0.05) is 25.6 Å². The summed E-state index contributed by atoms with van der Waals surface area (Å²) in [5.74, 6) is 0.211. The number of amides is 1. The molecule has 1 saturated heterocycles. The summed E-state index contributed by atoms with van der Waals surface area (Å²) >= 11 is 0. The maximum atomic E-state index is 11.9. The van der Waals surface area contributed by atoms with Gasteiger partial charge in [-0.15, -0.1) is 0 Å². The zero-order chi connectivity index (χ0) is 12.9. The van der Waals surface area contributed by atoms with Crippen LogP contribution in [0.5, 0.6) is 0 Å². The number of carbonyl (C=O) groups excluding carboxylic acids is 1. The average molecular weight is 242 g/mol. The molecule has 100 valence electrons. The Bertz CT molecular complexity index is 252. The second-order valence-corrected chi connectivity index (χ2v) is 5.60. The maximum Gasteiger partial charge on any atom is 0.222 e. The Balaban J connectivity index is 2.32. The molecule has 0 aromatic rings. The summed E-state index contributed by atoms with van der Waals surface area (Å²) < 4.78 is 0. The Labute approximate surface area is 104 Å². The number of likely N-dealkylation sites (tertiary alicyclic amines) is 1. The molecular weight excluding hydrogens is 216 g/mol. The zero-order valence-corrected chi connectivity index (χ0v) is 11.1. The monoisotopic (exact) mass is 242 g/mol. The lowest BCUT2D eigenvalue weighted by molar-refractivity contribution is -0.131. The van der Waals surface area contributed by atoms with E-state index in [0.29, 0.717) is 19.4 Å². The minimum Gasteiger partial charge on any atom is -0.390 e. The number of aliphatic hydroxyl groups is 1. The van der Waals surface area contributed by atoms with E-state index in [9.17, 15) is 9.90 Å². The van der Waals surface area contributed by atoms with Crippen molar-refractivity contribution in [1.29, 1.82) is 0 Å². The van der Waals surface area contributed by atoms with Crippen molar-refractivity contribution in [2.24, 2.45) is 5.73 Å². The van der Waals surface area contributed by atoms with Crippen LogP contribution in [-0.4, -0.2) is 40.6 Å². The quantitative estimate of drug-likeness (QED) is 0.780. The summed E-state index contributed by atoms with van der Waals surface area (Å²) in [6.45, 7) is 5.29. The van der Waals surface area contributed by atoms with Crippen molar-refractivity contribution in [2.45, 2.75) is 64.0 Å². The van der Waals surface area contributed by atoms with Crippen LogP contribution < -0.4 is 5.73 Å². The predicted molar refractivity (Wildman–Crippen MR) is 68.6 cm³/mol. The standard InChI is InChI=1S/C13H26N2O2/c1-11(14)5-3-6-12(16)15-9-4-7-13(2,17)8-10-15/h11,17H,3-10,14H2,1-2H3. The average Bonchev–Trinajstić information content (AvgIpc) is 2.38. The van der Waals surface area contributed by atoms with Crippen LogP contribution in [0.15, 0.2) is 0 Å². The normalized spacial score (nSPS) is 27.6. The molecule has 17 heavy (non-hydrogen) atoms. The molecule has 2 unspecified atom stereocenters. The molecule has 1 amide bonds. The minimum absolute atomic E-state index is 0.174. The fourth-order valence-electron chi connectivity index (χ4n) is 2.25. The second kappa shape index (κ2) is 6.36. The molecule has 4 nitrogen and oxygen atoms in total. The summed E-state index contributed by atoms with van der Waals surface area (Å²) in [4.78, 5) is 13.8. The summed E-state index contributed by atoms with van der Waals surface area (Å²) in [7, 11) is 0. The van der Waals surface area contributed by atoms with E-state index in [0.717, 1.165) is 32.2 Å². The van der Waals surface area contributed by atoms with E-state index < -0.39 is 5.60 Å². The molecular formula is C13H26N2O2. The van der Waals surface area contributed by atoms with Crippen LogP contribution in [-0.2, 0) is 4.79 Å². The SMILES string of the molecule is CC(N)CCCC(=O)N1CCCC(C)(O)CC1. The van der Waals surface area contributed by atoms with Gasteiger partial charge in [0.15, 0.2) is 0 Å². The number of nitrogens with two attached hydrogens (primary N) is 1.